The molecule has 260 valence electrons. The molecule has 7 unspecified atom stereocenters. The average molecular weight is 630 g/mol. The van der Waals surface area contributed by atoms with Crippen LogP contribution in [0, 0.1) is 0 Å². The van der Waals surface area contributed by atoms with Crippen LogP contribution in [0.5, 0.6) is 0 Å². The number of amides is 1. The van der Waals surface area contributed by atoms with Gasteiger partial charge in [-0.15, -0.1) is 0 Å². The first-order valence-corrected chi connectivity index (χ1v) is 17.9. The minimum Gasteiger partial charge on any atom is -0.394 e. The highest BCUT2D eigenvalue weighted by Gasteiger charge is 2.44. The standard InChI is InChI=1S/C35H67NO8/c1-3-5-6-7-8-9-10-11-12-13-14-15-16-17-18-19-20-21-22-23-24-25-29(38)28(36-31(39)4-2)27-43-35-34(42)33(41)32(40)30(26-37)44-35/h24-25,28-30,32-35,37-38,40-42H,3-23,26-27H2,1-2H3,(H,36,39)/b25-24+. The highest BCUT2D eigenvalue weighted by molar-refractivity contribution is 5.75. The van der Waals surface area contributed by atoms with Gasteiger partial charge >= 0.3 is 0 Å². The van der Waals surface area contributed by atoms with Gasteiger partial charge < -0.3 is 40.3 Å². The zero-order chi connectivity index (χ0) is 32.4. The molecular weight excluding hydrogens is 562 g/mol. The van der Waals surface area contributed by atoms with Crippen LogP contribution >= 0.6 is 0 Å². The molecule has 1 rings (SSSR count). The van der Waals surface area contributed by atoms with Crippen LogP contribution in [0.15, 0.2) is 12.2 Å². The van der Waals surface area contributed by atoms with Crippen LogP contribution in [0.1, 0.15) is 149 Å². The summed E-state index contributed by atoms with van der Waals surface area (Å²) in [5.74, 6) is -0.265. The number of hydrogen-bond acceptors (Lipinski definition) is 8. The van der Waals surface area contributed by atoms with E-state index in [1.165, 1.54) is 109 Å². The van der Waals surface area contributed by atoms with E-state index >= 15 is 0 Å². The van der Waals surface area contributed by atoms with E-state index in [1.54, 1.807) is 13.0 Å². The summed E-state index contributed by atoms with van der Waals surface area (Å²) in [6, 6.07) is -0.795. The quantitative estimate of drug-likeness (QED) is 0.0495. The van der Waals surface area contributed by atoms with E-state index in [-0.39, 0.29) is 18.9 Å². The monoisotopic (exact) mass is 629 g/mol. The van der Waals surface area contributed by atoms with Crippen molar-refractivity contribution in [2.24, 2.45) is 0 Å². The van der Waals surface area contributed by atoms with Crippen molar-refractivity contribution >= 4 is 5.91 Å². The van der Waals surface area contributed by atoms with Gasteiger partial charge in [-0.25, -0.2) is 0 Å². The molecule has 0 saturated carbocycles. The Bertz CT molecular complexity index is 706. The van der Waals surface area contributed by atoms with Gasteiger partial charge in [-0.1, -0.05) is 142 Å². The number of carbonyl (C=O) groups excluding carboxylic acids is 1. The number of aliphatic hydroxyl groups excluding tert-OH is 5. The van der Waals surface area contributed by atoms with Gasteiger partial charge in [0.15, 0.2) is 6.29 Å². The lowest BCUT2D eigenvalue weighted by Gasteiger charge is -2.40. The first-order valence-electron chi connectivity index (χ1n) is 17.9. The van der Waals surface area contributed by atoms with Crippen LogP contribution in [0.3, 0.4) is 0 Å². The molecule has 0 bridgehead atoms. The highest BCUT2D eigenvalue weighted by Crippen LogP contribution is 2.22. The van der Waals surface area contributed by atoms with E-state index in [0.717, 1.165) is 19.3 Å². The highest BCUT2D eigenvalue weighted by atomic mass is 16.7. The first kappa shape index (κ1) is 41.0. The fourth-order valence-corrected chi connectivity index (χ4v) is 5.65. The lowest BCUT2D eigenvalue weighted by Crippen LogP contribution is -2.60. The number of ether oxygens (including phenoxy) is 2. The molecule has 44 heavy (non-hydrogen) atoms. The fraction of sp³-hybridized carbons (Fsp3) is 0.914. The molecule has 1 fully saturated rings. The van der Waals surface area contributed by atoms with Crippen molar-refractivity contribution in [2.45, 2.75) is 192 Å². The topological polar surface area (TPSA) is 149 Å². The number of aliphatic hydroxyl groups is 5. The van der Waals surface area contributed by atoms with E-state index < -0.39 is 49.5 Å². The number of hydrogen-bond donors (Lipinski definition) is 6. The molecule has 0 aromatic heterocycles. The Balaban J connectivity index is 2.12. The van der Waals surface area contributed by atoms with Crippen molar-refractivity contribution in [1.82, 2.24) is 5.32 Å². The summed E-state index contributed by atoms with van der Waals surface area (Å²) in [4.78, 5) is 12.0. The summed E-state index contributed by atoms with van der Waals surface area (Å²) < 4.78 is 10.9. The fourth-order valence-electron chi connectivity index (χ4n) is 5.65. The van der Waals surface area contributed by atoms with Crippen LogP contribution < -0.4 is 5.32 Å². The predicted octanol–water partition coefficient (Wildman–Crippen LogP) is 5.44. The molecule has 0 aromatic carbocycles. The van der Waals surface area contributed by atoms with Crippen molar-refractivity contribution < 1.29 is 39.8 Å². The summed E-state index contributed by atoms with van der Waals surface area (Å²) in [5, 5.41) is 52.8. The molecular formula is C35H67NO8. The minimum atomic E-state index is -1.56. The molecule has 7 atom stereocenters. The zero-order valence-electron chi connectivity index (χ0n) is 27.9. The Morgan fingerprint density at radius 3 is 1.68 bits per heavy atom. The van der Waals surface area contributed by atoms with Crippen molar-refractivity contribution in [1.29, 1.82) is 0 Å². The van der Waals surface area contributed by atoms with Crippen LogP contribution in [0.2, 0.25) is 0 Å². The second-order valence-corrected chi connectivity index (χ2v) is 12.6. The van der Waals surface area contributed by atoms with Gasteiger partial charge in [0, 0.05) is 6.42 Å². The van der Waals surface area contributed by atoms with E-state index in [2.05, 4.69) is 12.2 Å². The summed E-state index contributed by atoms with van der Waals surface area (Å²) in [7, 11) is 0. The molecule has 1 amide bonds. The van der Waals surface area contributed by atoms with Gasteiger partial charge in [0.25, 0.3) is 0 Å². The maximum Gasteiger partial charge on any atom is 0.220 e. The van der Waals surface area contributed by atoms with Gasteiger partial charge in [0.05, 0.1) is 25.4 Å². The summed E-state index contributed by atoms with van der Waals surface area (Å²) in [5.41, 5.74) is 0. The lowest BCUT2D eigenvalue weighted by molar-refractivity contribution is -0.302. The maximum atomic E-state index is 12.0. The molecule has 1 saturated heterocycles. The third-order valence-electron chi connectivity index (χ3n) is 8.68. The first-order chi connectivity index (χ1) is 21.3. The summed E-state index contributed by atoms with van der Waals surface area (Å²) in [6.07, 6.45) is 22.1. The van der Waals surface area contributed by atoms with Crippen LogP contribution in [-0.2, 0) is 14.3 Å². The molecule has 0 radical (unpaired) electrons. The van der Waals surface area contributed by atoms with Gasteiger partial charge in [-0.3, -0.25) is 4.79 Å². The number of carbonyl (C=O) groups is 1. The van der Waals surface area contributed by atoms with E-state index in [1.807, 2.05) is 6.08 Å². The molecule has 1 aliphatic rings. The minimum absolute atomic E-state index is 0.195. The average Bonchev–Trinajstić information content (AvgIpc) is 3.03. The molecule has 9 heteroatoms. The molecule has 0 aliphatic carbocycles. The van der Waals surface area contributed by atoms with Gasteiger partial charge in [0.1, 0.15) is 24.4 Å². The largest absolute Gasteiger partial charge is 0.394 e. The number of allylic oxidation sites excluding steroid dienone is 1. The molecule has 0 aromatic rings. The van der Waals surface area contributed by atoms with Crippen LogP contribution in [0.25, 0.3) is 0 Å². The van der Waals surface area contributed by atoms with Crippen molar-refractivity contribution in [3.63, 3.8) is 0 Å². The second kappa shape index (κ2) is 27.1. The number of nitrogens with one attached hydrogen (secondary N) is 1. The van der Waals surface area contributed by atoms with Gasteiger partial charge in [-0.2, -0.15) is 0 Å². The lowest BCUT2D eigenvalue weighted by atomic mass is 9.99. The van der Waals surface area contributed by atoms with E-state index in [9.17, 15) is 30.3 Å². The van der Waals surface area contributed by atoms with E-state index in [0.29, 0.717) is 0 Å². The smallest absolute Gasteiger partial charge is 0.220 e. The zero-order valence-corrected chi connectivity index (χ0v) is 27.9. The molecule has 0 spiro atoms. The Morgan fingerprint density at radius 2 is 1.23 bits per heavy atom. The van der Waals surface area contributed by atoms with E-state index in [4.69, 9.17) is 9.47 Å². The Morgan fingerprint density at radius 1 is 0.750 bits per heavy atom. The Kier molecular flexibility index (Phi) is 25.2. The molecule has 1 aliphatic heterocycles. The maximum absolute atomic E-state index is 12.0. The summed E-state index contributed by atoms with van der Waals surface area (Å²) >= 11 is 0. The predicted molar refractivity (Wildman–Crippen MR) is 175 cm³/mol. The molecule has 6 N–H and O–H groups in total. The second-order valence-electron chi connectivity index (χ2n) is 12.6. The molecule has 9 nitrogen and oxygen atoms in total. The SMILES string of the molecule is CCCCCCCCCCCCCCCCCCCCC/C=C/C(O)C(COC1OC(CO)C(O)C(O)C1O)NC(=O)CC. The number of rotatable bonds is 28. The van der Waals surface area contributed by atoms with Crippen molar-refractivity contribution in [2.75, 3.05) is 13.2 Å². The summed E-state index contributed by atoms with van der Waals surface area (Å²) in [6.45, 7) is 3.22. The normalized spacial score (nSPS) is 23.7. The third-order valence-corrected chi connectivity index (χ3v) is 8.68. The number of unbranched alkanes of at least 4 members (excludes halogenated alkanes) is 19. The van der Waals surface area contributed by atoms with Crippen molar-refractivity contribution in [3.8, 4) is 0 Å². The van der Waals surface area contributed by atoms with Crippen molar-refractivity contribution in [3.05, 3.63) is 12.2 Å². The van der Waals surface area contributed by atoms with Gasteiger partial charge in [0.2, 0.25) is 5.91 Å². The van der Waals surface area contributed by atoms with Gasteiger partial charge in [-0.05, 0) is 12.8 Å². The molecule has 1 heterocycles. The van der Waals surface area contributed by atoms with Crippen LogP contribution in [0.4, 0.5) is 0 Å². The Labute approximate surface area is 267 Å². The van der Waals surface area contributed by atoms with Crippen LogP contribution in [-0.4, -0.2) is 87.5 Å². The third kappa shape index (κ3) is 18.8. The Hall–Kier alpha value is -1.07.